The number of nitrogens with one attached hydrogen (secondary N) is 2. The quantitative estimate of drug-likeness (QED) is 0.742. The molecule has 2 aromatic heterocycles. The zero-order chi connectivity index (χ0) is 12.5. The number of amides is 1. The maximum atomic E-state index is 11.8. The third kappa shape index (κ3) is 1.98. The second-order valence-corrected chi connectivity index (χ2v) is 4.91. The fourth-order valence-corrected chi connectivity index (χ4v) is 2.59. The number of carbonyl (C=O) groups excluding carboxylic acids is 1. The molecule has 0 saturated carbocycles. The molecule has 3 rings (SSSR count). The highest BCUT2D eigenvalue weighted by molar-refractivity contribution is 7.22. The van der Waals surface area contributed by atoms with Crippen LogP contribution in [0.4, 0.5) is 5.13 Å². The summed E-state index contributed by atoms with van der Waals surface area (Å²) in [6.45, 7) is 2.03. The molecule has 2 heterocycles. The molecule has 0 aliphatic carbocycles. The first-order chi connectivity index (χ1) is 8.72. The number of fused-ring (bicyclic) bond motifs is 1. The molecule has 6 heteroatoms. The molecule has 0 bridgehead atoms. The van der Waals surface area contributed by atoms with E-state index in [9.17, 15) is 4.79 Å². The van der Waals surface area contributed by atoms with Gasteiger partial charge in [0.15, 0.2) is 11.0 Å². The van der Waals surface area contributed by atoms with Gasteiger partial charge in [0.25, 0.3) is 5.91 Å². The van der Waals surface area contributed by atoms with Crippen LogP contribution in [0.25, 0.3) is 10.2 Å². The summed E-state index contributed by atoms with van der Waals surface area (Å²) in [4.78, 5) is 22.8. The Balaban J connectivity index is 1.89. The standard InChI is InChI=1S/C12H10N4OS/c1-7-2-3-8-9(6-7)18-12(15-8)16-11(17)10-13-4-5-14-10/h2-6H,1H3,(H,13,14)(H,15,16,17). The first-order valence-corrected chi connectivity index (χ1v) is 6.22. The van der Waals surface area contributed by atoms with Crippen molar-refractivity contribution in [2.75, 3.05) is 5.32 Å². The zero-order valence-corrected chi connectivity index (χ0v) is 10.4. The minimum Gasteiger partial charge on any atom is -0.341 e. The lowest BCUT2D eigenvalue weighted by Crippen LogP contribution is -2.13. The van der Waals surface area contributed by atoms with E-state index in [-0.39, 0.29) is 11.7 Å². The first-order valence-electron chi connectivity index (χ1n) is 5.40. The van der Waals surface area contributed by atoms with Crippen LogP contribution in [-0.4, -0.2) is 20.9 Å². The molecule has 0 aliphatic heterocycles. The number of carbonyl (C=O) groups is 1. The van der Waals surface area contributed by atoms with Crippen LogP contribution in [0.15, 0.2) is 30.6 Å². The lowest BCUT2D eigenvalue weighted by atomic mass is 10.2. The Kier molecular flexibility index (Phi) is 2.56. The van der Waals surface area contributed by atoms with Crippen LogP contribution in [0.5, 0.6) is 0 Å². The van der Waals surface area contributed by atoms with Gasteiger partial charge in [-0.3, -0.25) is 10.1 Å². The number of nitrogens with zero attached hydrogens (tertiary/aromatic N) is 2. The van der Waals surface area contributed by atoms with Crippen molar-refractivity contribution in [3.05, 3.63) is 42.0 Å². The van der Waals surface area contributed by atoms with Gasteiger partial charge in [-0.25, -0.2) is 9.97 Å². The molecule has 0 fully saturated rings. The van der Waals surface area contributed by atoms with Crippen LogP contribution in [0.2, 0.25) is 0 Å². The van der Waals surface area contributed by atoms with Crippen molar-refractivity contribution < 1.29 is 4.79 Å². The van der Waals surface area contributed by atoms with E-state index < -0.39 is 0 Å². The molecule has 1 amide bonds. The Hall–Kier alpha value is -2.21. The van der Waals surface area contributed by atoms with E-state index in [2.05, 4.69) is 26.3 Å². The lowest BCUT2D eigenvalue weighted by Gasteiger charge is -1.96. The Morgan fingerprint density at radius 2 is 2.33 bits per heavy atom. The summed E-state index contributed by atoms with van der Waals surface area (Å²) < 4.78 is 1.06. The zero-order valence-electron chi connectivity index (χ0n) is 9.60. The predicted octanol–water partition coefficient (Wildman–Crippen LogP) is 2.58. The average molecular weight is 258 g/mol. The van der Waals surface area contributed by atoms with Gasteiger partial charge in [-0.2, -0.15) is 0 Å². The number of aromatic amines is 1. The number of hydrogen-bond donors (Lipinski definition) is 2. The van der Waals surface area contributed by atoms with Crippen molar-refractivity contribution in [2.24, 2.45) is 0 Å². The molecule has 0 spiro atoms. The highest BCUT2D eigenvalue weighted by atomic mass is 32.1. The number of hydrogen-bond acceptors (Lipinski definition) is 4. The molecule has 0 saturated heterocycles. The molecule has 90 valence electrons. The van der Waals surface area contributed by atoms with Crippen molar-refractivity contribution in [1.29, 1.82) is 0 Å². The summed E-state index contributed by atoms with van der Waals surface area (Å²) >= 11 is 1.45. The molecular formula is C12H10N4OS. The number of anilines is 1. The highest BCUT2D eigenvalue weighted by Gasteiger charge is 2.11. The van der Waals surface area contributed by atoms with Crippen molar-refractivity contribution in [1.82, 2.24) is 15.0 Å². The van der Waals surface area contributed by atoms with Gasteiger partial charge in [0, 0.05) is 12.4 Å². The van der Waals surface area contributed by atoms with E-state index in [0.29, 0.717) is 5.13 Å². The third-order valence-corrected chi connectivity index (χ3v) is 3.41. The monoisotopic (exact) mass is 258 g/mol. The first kappa shape index (κ1) is 10.9. The summed E-state index contributed by atoms with van der Waals surface area (Å²) in [6.07, 6.45) is 3.15. The topological polar surface area (TPSA) is 70.7 Å². The van der Waals surface area contributed by atoms with Gasteiger partial charge in [-0.15, -0.1) is 0 Å². The van der Waals surface area contributed by atoms with Crippen molar-refractivity contribution in [3.8, 4) is 0 Å². The minimum atomic E-state index is -0.282. The molecule has 1 aromatic carbocycles. The largest absolute Gasteiger partial charge is 0.341 e. The van der Waals surface area contributed by atoms with Crippen LogP contribution >= 0.6 is 11.3 Å². The fraction of sp³-hybridized carbons (Fsp3) is 0.0833. The molecule has 18 heavy (non-hydrogen) atoms. The van der Waals surface area contributed by atoms with E-state index in [0.717, 1.165) is 10.2 Å². The van der Waals surface area contributed by atoms with Gasteiger partial charge >= 0.3 is 0 Å². The SMILES string of the molecule is Cc1ccc2nc(NC(=O)c3ncc[nH]3)sc2c1. The van der Waals surface area contributed by atoms with Crippen molar-refractivity contribution in [3.63, 3.8) is 0 Å². The predicted molar refractivity (Wildman–Crippen MR) is 70.9 cm³/mol. The maximum absolute atomic E-state index is 11.8. The van der Waals surface area contributed by atoms with Crippen LogP contribution in [0.3, 0.4) is 0 Å². The molecule has 0 atom stereocenters. The van der Waals surface area contributed by atoms with E-state index in [4.69, 9.17) is 0 Å². The minimum absolute atomic E-state index is 0.282. The normalized spacial score (nSPS) is 10.7. The van der Waals surface area contributed by atoms with Gasteiger partial charge in [0.2, 0.25) is 0 Å². The van der Waals surface area contributed by atoms with Gasteiger partial charge < -0.3 is 4.98 Å². The maximum Gasteiger partial charge on any atom is 0.293 e. The lowest BCUT2D eigenvalue weighted by molar-refractivity contribution is 0.101. The molecular weight excluding hydrogens is 248 g/mol. The Labute approximate surface area is 107 Å². The number of benzene rings is 1. The van der Waals surface area contributed by atoms with Crippen molar-refractivity contribution >= 4 is 32.6 Å². The number of imidazole rings is 1. The Morgan fingerprint density at radius 3 is 3.11 bits per heavy atom. The number of rotatable bonds is 2. The molecule has 0 aliphatic rings. The highest BCUT2D eigenvalue weighted by Crippen LogP contribution is 2.26. The summed E-state index contributed by atoms with van der Waals surface area (Å²) in [5, 5.41) is 3.31. The summed E-state index contributed by atoms with van der Waals surface area (Å²) in [5.41, 5.74) is 2.07. The third-order valence-electron chi connectivity index (χ3n) is 2.48. The number of thiazole rings is 1. The molecule has 3 aromatic rings. The Morgan fingerprint density at radius 1 is 1.44 bits per heavy atom. The smallest absolute Gasteiger partial charge is 0.293 e. The number of aromatic nitrogens is 3. The number of H-pyrrole nitrogens is 1. The van der Waals surface area contributed by atoms with Gasteiger partial charge in [0.05, 0.1) is 10.2 Å². The van der Waals surface area contributed by atoms with E-state index in [1.54, 1.807) is 6.20 Å². The molecule has 5 nitrogen and oxygen atoms in total. The average Bonchev–Trinajstić information content (AvgIpc) is 2.95. The van der Waals surface area contributed by atoms with Crippen LogP contribution < -0.4 is 5.32 Å². The van der Waals surface area contributed by atoms with Crippen molar-refractivity contribution in [2.45, 2.75) is 6.92 Å². The van der Waals surface area contributed by atoms with Crippen LogP contribution in [0, 0.1) is 6.92 Å². The van der Waals surface area contributed by atoms with Gasteiger partial charge in [-0.1, -0.05) is 17.4 Å². The second-order valence-electron chi connectivity index (χ2n) is 3.88. The molecule has 0 unspecified atom stereocenters. The second kappa shape index (κ2) is 4.23. The van der Waals surface area contributed by atoms with Crippen LogP contribution in [0.1, 0.15) is 16.2 Å². The van der Waals surface area contributed by atoms with Gasteiger partial charge in [-0.05, 0) is 24.6 Å². The van der Waals surface area contributed by atoms with Crippen LogP contribution in [-0.2, 0) is 0 Å². The molecule has 0 radical (unpaired) electrons. The Bertz CT molecular complexity index is 702. The van der Waals surface area contributed by atoms with E-state index in [1.165, 1.54) is 23.1 Å². The summed E-state index contributed by atoms with van der Waals surface area (Å²) in [5.74, 6) is 0.00112. The fourth-order valence-electron chi connectivity index (χ4n) is 1.63. The van der Waals surface area contributed by atoms with E-state index >= 15 is 0 Å². The summed E-state index contributed by atoms with van der Waals surface area (Å²) in [6, 6.07) is 6.00. The molecule has 2 N–H and O–H groups in total. The number of aryl methyl sites for hydroxylation is 1. The summed E-state index contributed by atoms with van der Waals surface area (Å²) in [7, 11) is 0. The van der Waals surface area contributed by atoms with E-state index in [1.807, 2.05) is 19.1 Å². The van der Waals surface area contributed by atoms with Gasteiger partial charge in [0.1, 0.15) is 0 Å².